The van der Waals surface area contributed by atoms with Gasteiger partial charge < -0.3 is 10.1 Å². The minimum atomic E-state index is -0.0803. The highest BCUT2D eigenvalue weighted by molar-refractivity contribution is 7.99. The van der Waals surface area contributed by atoms with E-state index in [0.717, 1.165) is 40.5 Å². The molecule has 0 atom stereocenters. The van der Waals surface area contributed by atoms with Gasteiger partial charge in [-0.05, 0) is 60.2 Å². The van der Waals surface area contributed by atoms with Crippen molar-refractivity contribution in [3.8, 4) is 22.8 Å². The van der Waals surface area contributed by atoms with Gasteiger partial charge in [0.2, 0.25) is 5.91 Å². The first-order valence-electron chi connectivity index (χ1n) is 12.6. The molecule has 0 spiro atoms. The number of aromatic nitrogens is 3. The number of amides is 1. The second-order valence-electron chi connectivity index (χ2n) is 9.74. The summed E-state index contributed by atoms with van der Waals surface area (Å²) in [6.07, 6.45) is 0.854. The molecule has 0 radical (unpaired) electrons. The van der Waals surface area contributed by atoms with Crippen molar-refractivity contribution in [1.82, 2.24) is 14.8 Å². The molecule has 4 aromatic rings. The summed E-state index contributed by atoms with van der Waals surface area (Å²) >= 11 is 1.37. The number of benzene rings is 3. The second kappa shape index (κ2) is 11.6. The minimum Gasteiger partial charge on any atom is -0.494 e. The van der Waals surface area contributed by atoms with Crippen LogP contribution in [0.5, 0.6) is 5.75 Å². The quantitative estimate of drug-likeness (QED) is 0.245. The van der Waals surface area contributed by atoms with Crippen LogP contribution in [-0.4, -0.2) is 33.0 Å². The monoisotopic (exact) mass is 514 g/mol. The number of thioether (sulfide) groups is 1. The van der Waals surface area contributed by atoms with Crippen molar-refractivity contribution >= 4 is 23.4 Å². The molecule has 0 aliphatic rings. The Morgan fingerprint density at radius 3 is 2.30 bits per heavy atom. The number of para-hydroxylation sites is 1. The number of nitrogens with zero attached hydrogens (tertiary/aromatic N) is 3. The van der Waals surface area contributed by atoms with E-state index in [4.69, 9.17) is 4.74 Å². The highest BCUT2D eigenvalue weighted by Gasteiger charge is 2.19. The van der Waals surface area contributed by atoms with Gasteiger partial charge in [-0.25, -0.2) is 0 Å². The molecule has 0 saturated carbocycles. The van der Waals surface area contributed by atoms with Crippen LogP contribution in [0, 0.1) is 0 Å². The SMILES string of the molecule is CCOc1ccc(-n2c(SCC(=O)Nc3ccccc3CC)nnc2-c2ccc(C(C)(C)C)cc2)cc1. The molecule has 7 heteroatoms. The molecule has 1 amide bonds. The molecular formula is C30H34N4O2S. The Hall–Kier alpha value is -3.58. The third-order valence-corrected chi connectivity index (χ3v) is 6.98. The number of nitrogens with one attached hydrogen (secondary N) is 1. The van der Waals surface area contributed by atoms with Gasteiger partial charge in [0.05, 0.1) is 12.4 Å². The molecule has 0 bridgehead atoms. The zero-order valence-corrected chi connectivity index (χ0v) is 22.9. The molecule has 0 aliphatic heterocycles. The smallest absolute Gasteiger partial charge is 0.234 e. The maximum atomic E-state index is 12.8. The minimum absolute atomic E-state index is 0.0616. The Morgan fingerprint density at radius 2 is 1.65 bits per heavy atom. The summed E-state index contributed by atoms with van der Waals surface area (Å²) in [4.78, 5) is 12.8. The van der Waals surface area contributed by atoms with E-state index in [2.05, 4.69) is 67.5 Å². The largest absolute Gasteiger partial charge is 0.494 e. The number of carbonyl (C=O) groups excluding carboxylic acids is 1. The molecule has 0 unspecified atom stereocenters. The van der Waals surface area contributed by atoms with E-state index < -0.39 is 0 Å². The Kier molecular flexibility index (Phi) is 8.34. The first-order chi connectivity index (χ1) is 17.8. The number of hydrogen-bond acceptors (Lipinski definition) is 5. The van der Waals surface area contributed by atoms with Gasteiger partial charge in [0.25, 0.3) is 0 Å². The number of hydrogen-bond donors (Lipinski definition) is 1. The van der Waals surface area contributed by atoms with Gasteiger partial charge in [-0.1, -0.05) is 81.9 Å². The molecule has 1 heterocycles. The van der Waals surface area contributed by atoms with Gasteiger partial charge in [-0.15, -0.1) is 10.2 Å². The Labute approximate surface area is 223 Å². The maximum absolute atomic E-state index is 12.8. The molecule has 37 heavy (non-hydrogen) atoms. The van der Waals surface area contributed by atoms with Crippen LogP contribution in [0.4, 0.5) is 5.69 Å². The first kappa shape index (κ1) is 26.5. The molecule has 0 saturated heterocycles. The number of ether oxygens (including phenoxy) is 1. The summed E-state index contributed by atoms with van der Waals surface area (Å²) in [6.45, 7) is 11.2. The fourth-order valence-electron chi connectivity index (χ4n) is 4.03. The lowest BCUT2D eigenvalue weighted by Crippen LogP contribution is -2.15. The van der Waals surface area contributed by atoms with Crippen LogP contribution in [0.3, 0.4) is 0 Å². The molecule has 1 aromatic heterocycles. The van der Waals surface area contributed by atoms with Gasteiger partial charge in [0.15, 0.2) is 11.0 Å². The third kappa shape index (κ3) is 6.41. The summed E-state index contributed by atoms with van der Waals surface area (Å²) < 4.78 is 7.62. The van der Waals surface area contributed by atoms with Crippen molar-refractivity contribution in [3.05, 3.63) is 83.9 Å². The first-order valence-corrected chi connectivity index (χ1v) is 13.6. The molecule has 4 rings (SSSR count). The van der Waals surface area contributed by atoms with Gasteiger partial charge in [0.1, 0.15) is 5.75 Å². The number of aryl methyl sites for hydroxylation is 1. The molecule has 192 valence electrons. The third-order valence-electron chi connectivity index (χ3n) is 6.05. The van der Waals surface area contributed by atoms with Crippen molar-refractivity contribution in [1.29, 1.82) is 0 Å². The lowest BCUT2D eigenvalue weighted by atomic mass is 9.87. The summed E-state index contributed by atoms with van der Waals surface area (Å²) in [7, 11) is 0. The van der Waals surface area contributed by atoms with E-state index in [-0.39, 0.29) is 17.1 Å². The van der Waals surface area contributed by atoms with Gasteiger partial charge in [-0.2, -0.15) is 0 Å². The predicted molar refractivity (Wildman–Crippen MR) is 152 cm³/mol. The Balaban J connectivity index is 1.62. The van der Waals surface area contributed by atoms with Crippen LogP contribution in [0.25, 0.3) is 17.1 Å². The molecule has 0 fully saturated rings. The molecular weight excluding hydrogens is 480 g/mol. The van der Waals surface area contributed by atoms with Crippen molar-refractivity contribution in [2.24, 2.45) is 0 Å². The summed E-state index contributed by atoms with van der Waals surface area (Å²) in [6, 6.07) is 24.2. The Morgan fingerprint density at radius 1 is 0.946 bits per heavy atom. The van der Waals surface area contributed by atoms with E-state index in [1.807, 2.05) is 60.0 Å². The van der Waals surface area contributed by atoms with Crippen LogP contribution in [-0.2, 0) is 16.6 Å². The fourth-order valence-corrected chi connectivity index (χ4v) is 4.78. The topological polar surface area (TPSA) is 69.0 Å². The van der Waals surface area contributed by atoms with Crippen LogP contribution in [0.1, 0.15) is 45.7 Å². The second-order valence-corrected chi connectivity index (χ2v) is 10.7. The van der Waals surface area contributed by atoms with Crippen molar-refractivity contribution in [2.75, 3.05) is 17.7 Å². The van der Waals surface area contributed by atoms with Crippen molar-refractivity contribution < 1.29 is 9.53 Å². The van der Waals surface area contributed by atoms with Crippen LogP contribution in [0.15, 0.2) is 78.0 Å². The lowest BCUT2D eigenvalue weighted by Gasteiger charge is -2.19. The lowest BCUT2D eigenvalue weighted by molar-refractivity contribution is -0.113. The average Bonchev–Trinajstić information content (AvgIpc) is 3.32. The van der Waals surface area contributed by atoms with Crippen LogP contribution < -0.4 is 10.1 Å². The summed E-state index contributed by atoms with van der Waals surface area (Å²) in [5.74, 6) is 1.67. The normalized spacial score (nSPS) is 11.4. The van der Waals surface area contributed by atoms with E-state index in [9.17, 15) is 4.79 Å². The highest BCUT2D eigenvalue weighted by Crippen LogP contribution is 2.31. The zero-order chi connectivity index (χ0) is 26.4. The predicted octanol–water partition coefficient (Wildman–Crippen LogP) is 6.92. The van der Waals surface area contributed by atoms with E-state index >= 15 is 0 Å². The molecule has 3 aromatic carbocycles. The molecule has 6 nitrogen and oxygen atoms in total. The number of rotatable bonds is 9. The molecule has 0 aliphatic carbocycles. The number of anilines is 1. The standard InChI is InChI=1S/C30H34N4O2S/c1-6-21-10-8-9-11-26(21)31-27(35)20-37-29-33-32-28(22-12-14-23(15-13-22)30(3,4)5)34(29)24-16-18-25(19-17-24)36-7-2/h8-19H,6-7,20H2,1-5H3,(H,31,35). The van der Waals surface area contributed by atoms with Crippen LogP contribution in [0.2, 0.25) is 0 Å². The van der Waals surface area contributed by atoms with Crippen molar-refractivity contribution in [2.45, 2.75) is 51.6 Å². The summed E-state index contributed by atoms with van der Waals surface area (Å²) in [5, 5.41) is 12.7. The van der Waals surface area contributed by atoms with Crippen LogP contribution >= 0.6 is 11.8 Å². The maximum Gasteiger partial charge on any atom is 0.234 e. The van der Waals surface area contributed by atoms with Crippen molar-refractivity contribution in [3.63, 3.8) is 0 Å². The average molecular weight is 515 g/mol. The van der Waals surface area contributed by atoms with E-state index in [0.29, 0.717) is 11.8 Å². The van der Waals surface area contributed by atoms with Gasteiger partial charge >= 0.3 is 0 Å². The van der Waals surface area contributed by atoms with Gasteiger partial charge in [0, 0.05) is 16.9 Å². The summed E-state index contributed by atoms with van der Waals surface area (Å²) in [5.41, 5.74) is 5.14. The number of carbonyl (C=O) groups is 1. The van der Waals surface area contributed by atoms with E-state index in [1.54, 1.807) is 0 Å². The molecule has 1 N–H and O–H groups in total. The van der Waals surface area contributed by atoms with Gasteiger partial charge in [-0.3, -0.25) is 9.36 Å². The fraction of sp³-hybridized carbons (Fsp3) is 0.300. The zero-order valence-electron chi connectivity index (χ0n) is 22.1. The van der Waals surface area contributed by atoms with E-state index in [1.165, 1.54) is 17.3 Å². The highest BCUT2D eigenvalue weighted by atomic mass is 32.2. The Bertz CT molecular complexity index is 1340.